The minimum atomic E-state index is -3.21. The van der Waals surface area contributed by atoms with E-state index in [0.717, 1.165) is 0 Å². The fraction of sp³-hybridized carbons (Fsp3) is 0.538. The van der Waals surface area contributed by atoms with Crippen LogP contribution in [0.4, 0.5) is 4.39 Å². The van der Waals surface area contributed by atoms with E-state index in [1.54, 1.807) is 20.8 Å². The van der Waals surface area contributed by atoms with Crippen LogP contribution in [0, 0.1) is 5.82 Å². The molecule has 0 N–H and O–H groups in total. The average molecular weight is 353 g/mol. The van der Waals surface area contributed by atoms with E-state index in [4.69, 9.17) is 4.74 Å². The summed E-state index contributed by atoms with van der Waals surface area (Å²) in [6.07, 6.45) is 0. The predicted octanol–water partition coefficient (Wildman–Crippen LogP) is 3.31. The Morgan fingerprint density at radius 2 is 1.95 bits per heavy atom. The molecular formula is C13H18BrFO3S. The molecular weight excluding hydrogens is 335 g/mol. The van der Waals surface area contributed by atoms with Crippen LogP contribution in [-0.4, -0.2) is 25.5 Å². The maximum absolute atomic E-state index is 13.0. The molecule has 6 heteroatoms. The summed E-state index contributed by atoms with van der Waals surface area (Å²) in [5.74, 6) is 0.0989. The molecule has 0 aliphatic carbocycles. The van der Waals surface area contributed by atoms with Crippen molar-refractivity contribution < 1.29 is 17.5 Å². The molecule has 0 amide bonds. The minimum Gasteiger partial charge on any atom is -0.492 e. The first-order valence-corrected chi connectivity index (χ1v) is 8.64. The molecule has 0 unspecified atom stereocenters. The monoisotopic (exact) mass is 352 g/mol. The average Bonchev–Trinajstić information content (AvgIpc) is 2.29. The highest BCUT2D eigenvalue weighted by atomic mass is 79.9. The first-order valence-electron chi connectivity index (χ1n) is 5.87. The van der Waals surface area contributed by atoms with Gasteiger partial charge >= 0.3 is 0 Å². The van der Waals surface area contributed by atoms with E-state index in [0.29, 0.717) is 16.6 Å². The topological polar surface area (TPSA) is 43.4 Å². The van der Waals surface area contributed by atoms with E-state index in [1.807, 2.05) is 0 Å². The molecule has 0 heterocycles. The van der Waals surface area contributed by atoms with Gasteiger partial charge in [0.1, 0.15) is 18.2 Å². The predicted molar refractivity (Wildman–Crippen MR) is 78.1 cm³/mol. The summed E-state index contributed by atoms with van der Waals surface area (Å²) in [5, 5.41) is 0.451. The standard InChI is InChI=1S/C13H18BrFO3S/c1-13(2,3)19(16,17)7-6-18-12-5-4-11(15)8-10(12)9-14/h4-5,8H,6-7,9H2,1-3H3. The van der Waals surface area contributed by atoms with E-state index in [1.165, 1.54) is 18.2 Å². The number of ether oxygens (including phenoxy) is 1. The molecule has 0 saturated carbocycles. The third kappa shape index (κ3) is 4.45. The highest BCUT2D eigenvalue weighted by molar-refractivity contribution is 9.08. The Bertz CT molecular complexity index is 535. The Morgan fingerprint density at radius 3 is 2.47 bits per heavy atom. The van der Waals surface area contributed by atoms with Gasteiger partial charge in [-0.25, -0.2) is 12.8 Å². The number of benzene rings is 1. The van der Waals surface area contributed by atoms with Crippen LogP contribution in [0.3, 0.4) is 0 Å². The molecule has 0 aliphatic heterocycles. The zero-order valence-corrected chi connectivity index (χ0v) is 13.6. The van der Waals surface area contributed by atoms with E-state index < -0.39 is 14.6 Å². The van der Waals surface area contributed by atoms with Crippen molar-refractivity contribution >= 4 is 25.8 Å². The van der Waals surface area contributed by atoms with Gasteiger partial charge < -0.3 is 4.74 Å². The second-order valence-electron chi connectivity index (χ2n) is 5.17. The lowest BCUT2D eigenvalue weighted by Gasteiger charge is -2.19. The molecule has 1 aromatic carbocycles. The molecule has 1 rings (SSSR count). The maximum atomic E-state index is 13.0. The van der Waals surface area contributed by atoms with Crippen LogP contribution in [0.5, 0.6) is 5.75 Å². The first kappa shape index (κ1) is 16.4. The summed E-state index contributed by atoms with van der Waals surface area (Å²) >= 11 is 3.24. The van der Waals surface area contributed by atoms with Gasteiger partial charge in [-0.15, -0.1) is 0 Å². The second kappa shape index (κ2) is 6.22. The molecule has 3 nitrogen and oxygen atoms in total. The van der Waals surface area contributed by atoms with Crippen molar-refractivity contribution in [2.45, 2.75) is 30.8 Å². The smallest absolute Gasteiger partial charge is 0.158 e. The van der Waals surface area contributed by atoms with Crippen LogP contribution < -0.4 is 4.74 Å². The van der Waals surface area contributed by atoms with Crippen molar-refractivity contribution in [1.29, 1.82) is 0 Å². The zero-order valence-electron chi connectivity index (χ0n) is 11.2. The molecule has 0 atom stereocenters. The number of hydrogen-bond donors (Lipinski definition) is 0. The van der Waals surface area contributed by atoms with E-state index in [2.05, 4.69) is 15.9 Å². The Morgan fingerprint density at radius 1 is 1.32 bits per heavy atom. The van der Waals surface area contributed by atoms with Crippen molar-refractivity contribution in [3.63, 3.8) is 0 Å². The van der Waals surface area contributed by atoms with E-state index in [-0.39, 0.29) is 18.2 Å². The molecule has 0 aromatic heterocycles. The summed E-state index contributed by atoms with van der Waals surface area (Å²) in [6, 6.07) is 4.16. The van der Waals surface area contributed by atoms with Crippen LogP contribution >= 0.6 is 15.9 Å². The van der Waals surface area contributed by atoms with Gasteiger partial charge in [0.2, 0.25) is 0 Å². The molecule has 19 heavy (non-hydrogen) atoms. The van der Waals surface area contributed by atoms with Crippen LogP contribution in [0.2, 0.25) is 0 Å². The SMILES string of the molecule is CC(C)(C)S(=O)(=O)CCOc1ccc(F)cc1CBr. The second-order valence-corrected chi connectivity index (χ2v) is 8.59. The molecule has 0 fully saturated rings. The van der Waals surface area contributed by atoms with Gasteiger partial charge in [-0.3, -0.25) is 0 Å². The summed E-state index contributed by atoms with van der Waals surface area (Å²) in [7, 11) is -3.21. The summed E-state index contributed by atoms with van der Waals surface area (Å²) in [6.45, 7) is 5.03. The highest BCUT2D eigenvalue weighted by Crippen LogP contribution is 2.23. The quantitative estimate of drug-likeness (QED) is 0.763. The third-order valence-corrected chi connectivity index (χ3v) is 5.88. The van der Waals surface area contributed by atoms with Crippen LogP contribution in [-0.2, 0) is 15.2 Å². The highest BCUT2D eigenvalue weighted by Gasteiger charge is 2.28. The van der Waals surface area contributed by atoms with Gasteiger partial charge in [-0.1, -0.05) is 15.9 Å². The van der Waals surface area contributed by atoms with Gasteiger partial charge in [-0.2, -0.15) is 0 Å². The van der Waals surface area contributed by atoms with Gasteiger partial charge in [0.25, 0.3) is 0 Å². The lowest BCUT2D eigenvalue weighted by Crippen LogP contribution is -2.32. The number of halogens is 2. The van der Waals surface area contributed by atoms with E-state index in [9.17, 15) is 12.8 Å². The fourth-order valence-electron chi connectivity index (χ4n) is 1.36. The minimum absolute atomic E-state index is 0.0599. The Kier molecular flexibility index (Phi) is 5.38. The first-order chi connectivity index (χ1) is 8.67. The maximum Gasteiger partial charge on any atom is 0.158 e. The van der Waals surface area contributed by atoms with Crippen LogP contribution in [0.25, 0.3) is 0 Å². The van der Waals surface area contributed by atoms with Gasteiger partial charge in [-0.05, 0) is 39.0 Å². The van der Waals surface area contributed by atoms with Gasteiger partial charge in [0, 0.05) is 10.9 Å². The fourth-order valence-corrected chi connectivity index (χ4v) is 2.71. The zero-order chi connectivity index (χ0) is 14.7. The third-order valence-electron chi connectivity index (χ3n) is 2.71. The van der Waals surface area contributed by atoms with Gasteiger partial charge in [0.05, 0.1) is 10.5 Å². The summed E-state index contributed by atoms with van der Waals surface area (Å²) in [4.78, 5) is 0. The molecule has 0 radical (unpaired) electrons. The molecule has 108 valence electrons. The molecule has 0 bridgehead atoms. The number of hydrogen-bond acceptors (Lipinski definition) is 3. The van der Waals surface area contributed by atoms with Crippen molar-refractivity contribution in [1.82, 2.24) is 0 Å². The van der Waals surface area contributed by atoms with Crippen LogP contribution in [0.15, 0.2) is 18.2 Å². The number of sulfone groups is 1. The number of rotatable bonds is 5. The number of alkyl halides is 1. The molecule has 0 saturated heterocycles. The molecule has 0 spiro atoms. The Balaban J connectivity index is 2.69. The molecule has 0 aliphatic rings. The molecule has 1 aromatic rings. The van der Waals surface area contributed by atoms with Gasteiger partial charge in [0.15, 0.2) is 9.84 Å². The lowest BCUT2D eigenvalue weighted by atomic mass is 10.2. The lowest BCUT2D eigenvalue weighted by molar-refractivity contribution is 0.336. The largest absolute Gasteiger partial charge is 0.492 e. The summed E-state index contributed by atoms with van der Waals surface area (Å²) < 4.78 is 41.5. The van der Waals surface area contributed by atoms with Crippen LogP contribution in [0.1, 0.15) is 26.3 Å². The Hall–Kier alpha value is -0.620. The van der Waals surface area contributed by atoms with Crippen molar-refractivity contribution in [2.24, 2.45) is 0 Å². The van der Waals surface area contributed by atoms with Crippen molar-refractivity contribution in [3.05, 3.63) is 29.6 Å². The Labute approximate surface area is 122 Å². The normalized spacial score (nSPS) is 12.5. The van der Waals surface area contributed by atoms with Crippen molar-refractivity contribution in [2.75, 3.05) is 12.4 Å². The van der Waals surface area contributed by atoms with Crippen molar-refractivity contribution in [3.8, 4) is 5.75 Å². The van der Waals surface area contributed by atoms with E-state index >= 15 is 0 Å². The summed E-state index contributed by atoms with van der Waals surface area (Å²) in [5.41, 5.74) is 0.660.